The average Bonchev–Trinajstić information content (AvgIpc) is 2.25. The van der Waals surface area contributed by atoms with Crippen molar-refractivity contribution in [2.75, 3.05) is 6.61 Å². The van der Waals surface area contributed by atoms with Crippen molar-refractivity contribution in [3.05, 3.63) is 24.4 Å². The minimum absolute atomic E-state index is 0.185. The van der Waals surface area contributed by atoms with Gasteiger partial charge in [0.2, 0.25) is 0 Å². The van der Waals surface area contributed by atoms with E-state index < -0.39 is 0 Å². The molecular formula is C11H17NOS2. The van der Waals surface area contributed by atoms with Gasteiger partial charge in [-0.2, -0.15) is 0 Å². The smallest absolute Gasteiger partial charge is 0.106 e. The molecule has 4 heteroatoms. The number of rotatable bonds is 6. The van der Waals surface area contributed by atoms with Crippen LogP contribution in [0.25, 0.3) is 0 Å². The Balaban J connectivity index is 2.35. The normalized spacial score (nSPS) is 11.7. The van der Waals surface area contributed by atoms with Crippen molar-refractivity contribution in [3.63, 3.8) is 0 Å². The van der Waals surface area contributed by atoms with Gasteiger partial charge in [-0.25, -0.2) is 4.98 Å². The van der Waals surface area contributed by atoms with E-state index in [1.54, 1.807) is 10.8 Å². The van der Waals surface area contributed by atoms with E-state index in [1.807, 2.05) is 35.2 Å². The van der Waals surface area contributed by atoms with Crippen LogP contribution in [0.2, 0.25) is 0 Å². The summed E-state index contributed by atoms with van der Waals surface area (Å²) in [4.78, 5) is 4.25. The maximum Gasteiger partial charge on any atom is 0.106 e. The molecule has 0 atom stereocenters. The first-order valence-corrected chi connectivity index (χ1v) is 7.17. The second-order valence-electron chi connectivity index (χ2n) is 3.92. The maximum atomic E-state index is 8.79. The summed E-state index contributed by atoms with van der Waals surface area (Å²) in [6.45, 7) is 4.67. The maximum absolute atomic E-state index is 8.79. The molecule has 0 aromatic carbocycles. The van der Waals surface area contributed by atoms with E-state index in [4.69, 9.17) is 5.11 Å². The van der Waals surface area contributed by atoms with Crippen LogP contribution in [0.3, 0.4) is 0 Å². The third-order valence-electron chi connectivity index (χ3n) is 1.93. The molecule has 1 heterocycles. The SMILES string of the molecule is CC(C)(CCCO)SSc1ccccn1. The summed E-state index contributed by atoms with van der Waals surface area (Å²) in [5, 5.41) is 9.83. The first-order valence-electron chi connectivity index (χ1n) is 5.02. The molecule has 2 nitrogen and oxygen atoms in total. The monoisotopic (exact) mass is 243 g/mol. The third-order valence-corrected chi connectivity index (χ3v) is 5.19. The first kappa shape index (κ1) is 12.9. The van der Waals surface area contributed by atoms with Crippen molar-refractivity contribution >= 4 is 21.6 Å². The lowest BCUT2D eigenvalue weighted by molar-refractivity contribution is 0.279. The Morgan fingerprint density at radius 2 is 2.20 bits per heavy atom. The predicted octanol–water partition coefficient (Wildman–Crippen LogP) is 3.37. The lowest BCUT2D eigenvalue weighted by Crippen LogP contribution is -2.13. The van der Waals surface area contributed by atoms with Crippen molar-refractivity contribution in [1.82, 2.24) is 4.98 Å². The Morgan fingerprint density at radius 1 is 1.40 bits per heavy atom. The topological polar surface area (TPSA) is 33.1 Å². The van der Waals surface area contributed by atoms with Gasteiger partial charge in [0.15, 0.2) is 0 Å². The van der Waals surface area contributed by atoms with Crippen LogP contribution in [-0.2, 0) is 0 Å². The van der Waals surface area contributed by atoms with Gasteiger partial charge in [-0.05, 0) is 49.6 Å². The van der Waals surface area contributed by atoms with Crippen molar-refractivity contribution in [2.45, 2.75) is 36.5 Å². The van der Waals surface area contributed by atoms with E-state index in [1.165, 1.54) is 0 Å². The van der Waals surface area contributed by atoms with E-state index in [0.29, 0.717) is 0 Å². The van der Waals surface area contributed by atoms with Gasteiger partial charge >= 0.3 is 0 Å². The zero-order chi connectivity index (χ0) is 11.1. The van der Waals surface area contributed by atoms with Gasteiger partial charge in [-0.3, -0.25) is 0 Å². The molecule has 1 N–H and O–H groups in total. The van der Waals surface area contributed by atoms with Crippen molar-refractivity contribution < 1.29 is 5.11 Å². The highest BCUT2D eigenvalue weighted by Crippen LogP contribution is 2.41. The van der Waals surface area contributed by atoms with E-state index >= 15 is 0 Å². The van der Waals surface area contributed by atoms with Crippen molar-refractivity contribution in [1.29, 1.82) is 0 Å². The molecule has 1 aromatic heterocycles. The van der Waals surface area contributed by atoms with Crippen LogP contribution in [0.1, 0.15) is 26.7 Å². The fourth-order valence-corrected chi connectivity index (χ4v) is 3.35. The molecule has 0 radical (unpaired) electrons. The minimum atomic E-state index is 0.185. The summed E-state index contributed by atoms with van der Waals surface area (Å²) in [5.74, 6) is 0. The molecular weight excluding hydrogens is 226 g/mol. The number of aliphatic hydroxyl groups is 1. The highest BCUT2D eigenvalue weighted by molar-refractivity contribution is 8.77. The van der Waals surface area contributed by atoms with Crippen LogP contribution in [0, 0.1) is 0 Å². The van der Waals surface area contributed by atoms with E-state index in [0.717, 1.165) is 17.9 Å². The summed E-state index contributed by atoms with van der Waals surface area (Å²) in [6.07, 6.45) is 3.69. The van der Waals surface area contributed by atoms with Gasteiger partial charge in [-0.1, -0.05) is 16.9 Å². The second-order valence-corrected chi connectivity index (χ2v) is 6.78. The average molecular weight is 243 g/mol. The number of pyridine rings is 1. The van der Waals surface area contributed by atoms with Gasteiger partial charge in [0.05, 0.1) is 0 Å². The minimum Gasteiger partial charge on any atom is -0.396 e. The van der Waals surface area contributed by atoms with E-state index in [2.05, 4.69) is 18.8 Å². The number of aromatic nitrogens is 1. The summed E-state index contributed by atoms with van der Waals surface area (Å²) >= 11 is 0. The van der Waals surface area contributed by atoms with Crippen LogP contribution < -0.4 is 0 Å². The Morgan fingerprint density at radius 3 is 2.80 bits per heavy atom. The van der Waals surface area contributed by atoms with Gasteiger partial charge in [0.25, 0.3) is 0 Å². The Labute approximate surface area is 99.3 Å². The van der Waals surface area contributed by atoms with Crippen LogP contribution >= 0.6 is 21.6 Å². The molecule has 0 bridgehead atoms. The van der Waals surface area contributed by atoms with Crippen LogP contribution in [0.5, 0.6) is 0 Å². The summed E-state index contributed by atoms with van der Waals surface area (Å²) in [6, 6.07) is 5.93. The zero-order valence-corrected chi connectivity index (χ0v) is 10.8. The Hall–Kier alpha value is -0.190. The van der Waals surface area contributed by atoms with Gasteiger partial charge in [0.1, 0.15) is 5.03 Å². The molecule has 0 unspecified atom stereocenters. The molecule has 1 rings (SSSR count). The summed E-state index contributed by atoms with van der Waals surface area (Å²) in [5.41, 5.74) is 0. The van der Waals surface area contributed by atoms with Gasteiger partial charge < -0.3 is 5.11 Å². The van der Waals surface area contributed by atoms with Crippen molar-refractivity contribution in [2.24, 2.45) is 0 Å². The Kier molecular flexibility index (Phi) is 5.50. The third kappa shape index (κ3) is 5.44. The number of hydrogen-bond acceptors (Lipinski definition) is 4. The molecule has 84 valence electrons. The second kappa shape index (κ2) is 6.40. The number of hydrogen-bond donors (Lipinski definition) is 1. The fraction of sp³-hybridized carbons (Fsp3) is 0.545. The highest BCUT2D eigenvalue weighted by Gasteiger charge is 2.18. The summed E-state index contributed by atoms with van der Waals surface area (Å²) < 4.78 is 0.185. The quantitative estimate of drug-likeness (QED) is 0.777. The Bertz CT molecular complexity index is 277. The zero-order valence-electron chi connectivity index (χ0n) is 9.14. The molecule has 1 aromatic rings. The van der Waals surface area contributed by atoms with Crippen LogP contribution in [0.4, 0.5) is 0 Å². The first-order chi connectivity index (χ1) is 7.14. The number of nitrogens with zero attached hydrogens (tertiary/aromatic N) is 1. The lowest BCUT2D eigenvalue weighted by atomic mass is 10.1. The van der Waals surface area contributed by atoms with Gasteiger partial charge in [-0.15, -0.1) is 0 Å². The van der Waals surface area contributed by atoms with Crippen molar-refractivity contribution in [3.8, 4) is 0 Å². The van der Waals surface area contributed by atoms with E-state index in [-0.39, 0.29) is 11.4 Å². The summed E-state index contributed by atoms with van der Waals surface area (Å²) in [7, 11) is 3.52. The predicted molar refractivity (Wildman–Crippen MR) is 68.1 cm³/mol. The molecule has 0 aliphatic carbocycles. The molecule has 0 saturated carbocycles. The van der Waals surface area contributed by atoms with Crippen LogP contribution in [0.15, 0.2) is 29.4 Å². The highest BCUT2D eigenvalue weighted by atomic mass is 33.1. The van der Waals surface area contributed by atoms with Crippen LogP contribution in [-0.4, -0.2) is 21.4 Å². The molecule has 0 fully saturated rings. The standard InChI is InChI=1S/C11H17NOS2/c1-11(2,7-5-9-13)15-14-10-6-3-4-8-12-10/h3-4,6,8,13H,5,7,9H2,1-2H3. The number of aliphatic hydroxyl groups excluding tert-OH is 1. The molecule has 0 aliphatic rings. The molecule has 0 amide bonds. The fourth-order valence-electron chi connectivity index (χ4n) is 1.10. The molecule has 0 saturated heterocycles. The van der Waals surface area contributed by atoms with E-state index in [9.17, 15) is 0 Å². The van der Waals surface area contributed by atoms with Gasteiger partial charge in [0, 0.05) is 17.6 Å². The lowest BCUT2D eigenvalue weighted by Gasteiger charge is -2.22. The molecule has 0 spiro atoms. The largest absolute Gasteiger partial charge is 0.396 e. The molecule has 0 aliphatic heterocycles. The molecule has 15 heavy (non-hydrogen) atoms.